The van der Waals surface area contributed by atoms with Gasteiger partial charge in [0.25, 0.3) is 0 Å². The van der Waals surface area contributed by atoms with Crippen LogP contribution in [-0.4, -0.2) is 34.3 Å². The predicted molar refractivity (Wildman–Crippen MR) is 68.0 cm³/mol. The summed E-state index contributed by atoms with van der Waals surface area (Å²) in [5.74, 6) is 0. The second-order valence-electron chi connectivity index (χ2n) is 5.02. The summed E-state index contributed by atoms with van der Waals surface area (Å²) < 4.78 is 5.25. The van der Waals surface area contributed by atoms with E-state index in [1.165, 1.54) is 0 Å². The van der Waals surface area contributed by atoms with Crippen molar-refractivity contribution in [1.82, 2.24) is 4.90 Å². The van der Waals surface area contributed by atoms with Gasteiger partial charge in [-0.05, 0) is 25.8 Å². The Morgan fingerprint density at radius 3 is 2.72 bits per heavy atom. The minimum Gasteiger partial charge on any atom is -0.445 e. The van der Waals surface area contributed by atoms with Gasteiger partial charge in [-0.15, -0.1) is 0 Å². The lowest BCUT2D eigenvalue weighted by Gasteiger charge is -2.27. The molecule has 1 N–H and O–H groups in total. The zero-order chi connectivity index (χ0) is 13.2. The molecule has 4 nitrogen and oxygen atoms in total. The highest BCUT2D eigenvalue weighted by atomic mass is 16.6. The summed E-state index contributed by atoms with van der Waals surface area (Å²) in [6, 6.07) is 9.36. The molecule has 1 aliphatic rings. The molecule has 4 heteroatoms. The first-order chi connectivity index (χ1) is 8.50. The number of amides is 1. The fourth-order valence-corrected chi connectivity index (χ4v) is 2.14. The quantitative estimate of drug-likeness (QED) is 0.874. The third kappa shape index (κ3) is 2.64. The van der Waals surface area contributed by atoms with Gasteiger partial charge in [-0.3, -0.25) is 0 Å². The van der Waals surface area contributed by atoms with E-state index in [0.717, 1.165) is 5.56 Å². The van der Waals surface area contributed by atoms with Crippen molar-refractivity contribution in [3.05, 3.63) is 35.9 Å². The highest BCUT2D eigenvalue weighted by Crippen LogP contribution is 2.28. The van der Waals surface area contributed by atoms with Crippen molar-refractivity contribution < 1.29 is 14.6 Å². The number of aliphatic hydroxyl groups is 1. The Kier molecular flexibility index (Phi) is 3.57. The number of nitrogens with zero attached hydrogens (tertiary/aromatic N) is 1. The lowest BCUT2D eigenvalue weighted by atomic mass is 9.99. The maximum atomic E-state index is 11.9. The molecular formula is C14H19NO3. The molecule has 1 aromatic carbocycles. The Labute approximate surface area is 107 Å². The molecule has 0 unspecified atom stereocenters. The van der Waals surface area contributed by atoms with Gasteiger partial charge in [0.15, 0.2) is 0 Å². The minimum absolute atomic E-state index is 0.208. The second kappa shape index (κ2) is 4.98. The van der Waals surface area contributed by atoms with Crippen LogP contribution in [0, 0.1) is 0 Å². The monoisotopic (exact) mass is 249 g/mol. The molecule has 0 aliphatic carbocycles. The van der Waals surface area contributed by atoms with Crippen molar-refractivity contribution >= 4 is 6.09 Å². The standard InChI is InChI=1S/C14H19NO3/c1-11-14(2,17)8-9-15(11)13(16)18-10-12-6-4-3-5-7-12/h3-7,11,17H,8-10H2,1-2H3/t11-,14-/m0/s1. The number of carbonyl (C=O) groups is 1. The summed E-state index contributed by atoms with van der Waals surface area (Å²) in [6.07, 6.45) is 0.235. The molecule has 0 bridgehead atoms. The summed E-state index contributed by atoms with van der Waals surface area (Å²) in [6.45, 7) is 4.41. The fraction of sp³-hybridized carbons (Fsp3) is 0.500. The maximum Gasteiger partial charge on any atom is 0.410 e. The number of carbonyl (C=O) groups excluding carboxylic acids is 1. The smallest absolute Gasteiger partial charge is 0.410 e. The molecule has 1 fully saturated rings. The Balaban J connectivity index is 1.90. The van der Waals surface area contributed by atoms with E-state index in [-0.39, 0.29) is 18.7 Å². The fourth-order valence-electron chi connectivity index (χ4n) is 2.14. The third-order valence-corrected chi connectivity index (χ3v) is 3.67. The van der Waals surface area contributed by atoms with Gasteiger partial charge in [0.05, 0.1) is 11.6 Å². The number of rotatable bonds is 2. The van der Waals surface area contributed by atoms with Crippen LogP contribution in [0.1, 0.15) is 25.8 Å². The molecule has 0 spiro atoms. The topological polar surface area (TPSA) is 49.8 Å². The van der Waals surface area contributed by atoms with Crippen molar-refractivity contribution in [3.63, 3.8) is 0 Å². The lowest BCUT2D eigenvalue weighted by molar-refractivity contribution is 0.0223. The van der Waals surface area contributed by atoms with Crippen molar-refractivity contribution in [2.45, 2.75) is 38.5 Å². The van der Waals surface area contributed by atoms with E-state index < -0.39 is 5.60 Å². The van der Waals surface area contributed by atoms with E-state index in [1.54, 1.807) is 11.8 Å². The highest BCUT2D eigenvalue weighted by molar-refractivity contribution is 5.68. The molecule has 1 heterocycles. The van der Waals surface area contributed by atoms with Crippen LogP contribution in [0.25, 0.3) is 0 Å². The number of hydrogen-bond acceptors (Lipinski definition) is 3. The molecule has 2 rings (SSSR count). The van der Waals surface area contributed by atoms with Gasteiger partial charge >= 0.3 is 6.09 Å². The Bertz CT molecular complexity index is 416. The molecule has 0 aromatic heterocycles. The summed E-state index contributed by atoms with van der Waals surface area (Å²) in [5, 5.41) is 10.0. The van der Waals surface area contributed by atoms with E-state index in [2.05, 4.69) is 0 Å². The molecule has 2 atom stereocenters. The highest BCUT2D eigenvalue weighted by Gasteiger charge is 2.42. The first-order valence-electron chi connectivity index (χ1n) is 6.20. The third-order valence-electron chi connectivity index (χ3n) is 3.67. The van der Waals surface area contributed by atoms with E-state index in [4.69, 9.17) is 4.74 Å². The van der Waals surface area contributed by atoms with Crippen LogP contribution in [0.4, 0.5) is 4.79 Å². The number of benzene rings is 1. The van der Waals surface area contributed by atoms with Crippen LogP contribution in [-0.2, 0) is 11.3 Å². The average molecular weight is 249 g/mol. The van der Waals surface area contributed by atoms with Gasteiger partial charge in [-0.1, -0.05) is 30.3 Å². The van der Waals surface area contributed by atoms with Crippen LogP contribution >= 0.6 is 0 Å². The number of ether oxygens (including phenoxy) is 1. The van der Waals surface area contributed by atoms with Gasteiger partial charge in [0.1, 0.15) is 6.61 Å². The zero-order valence-electron chi connectivity index (χ0n) is 10.8. The molecule has 1 aliphatic heterocycles. The van der Waals surface area contributed by atoms with E-state index in [1.807, 2.05) is 37.3 Å². The van der Waals surface area contributed by atoms with Crippen LogP contribution in [0.15, 0.2) is 30.3 Å². The first-order valence-corrected chi connectivity index (χ1v) is 6.20. The minimum atomic E-state index is -0.814. The molecule has 18 heavy (non-hydrogen) atoms. The van der Waals surface area contributed by atoms with Crippen molar-refractivity contribution in [2.24, 2.45) is 0 Å². The van der Waals surface area contributed by atoms with E-state index >= 15 is 0 Å². The zero-order valence-corrected chi connectivity index (χ0v) is 10.8. The lowest BCUT2D eigenvalue weighted by Crippen LogP contribution is -2.43. The summed E-state index contributed by atoms with van der Waals surface area (Å²) in [5.41, 5.74) is 0.149. The molecular weight excluding hydrogens is 230 g/mol. The average Bonchev–Trinajstić information content (AvgIpc) is 2.63. The van der Waals surface area contributed by atoms with Crippen molar-refractivity contribution in [3.8, 4) is 0 Å². The number of hydrogen-bond donors (Lipinski definition) is 1. The Hall–Kier alpha value is -1.55. The van der Waals surface area contributed by atoms with Crippen LogP contribution in [0.5, 0.6) is 0 Å². The molecule has 0 saturated carbocycles. The molecule has 1 amide bonds. The Morgan fingerprint density at radius 1 is 1.50 bits per heavy atom. The largest absolute Gasteiger partial charge is 0.445 e. The summed E-state index contributed by atoms with van der Waals surface area (Å²) in [4.78, 5) is 13.5. The van der Waals surface area contributed by atoms with Gasteiger partial charge < -0.3 is 14.7 Å². The van der Waals surface area contributed by atoms with Gasteiger partial charge in [0.2, 0.25) is 0 Å². The molecule has 1 saturated heterocycles. The van der Waals surface area contributed by atoms with E-state index in [0.29, 0.717) is 13.0 Å². The first kappa shape index (κ1) is 12.9. The molecule has 0 radical (unpaired) electrons. The van der Waals surface area contributed by atoms with Crippen molar-refractivity contribution in [1.29, 1.82) is 0 Å². The summed E-state index contributed by atoms with van der Waals surface area (Å²) in [7, 11) is 0. The SMILES string of the molecule is C[C@@H]1N(C(=O)OCc2ccccc2)CC[C@]1(C)O. The Morgan fingerprint density at radius 2 is 2.17 bits per heavy atom. The van der Waals surface area contributed by atoms with Crippen LogP contribution in [0.3, 0.4) is 0 Å². The maximum absolute atomic E-state index is 11.9. The van der Waals surface area contributed by atoms with Gasteiger partial charge in [-0.25, -0.2) is 4.79 Å². The van der Waals surface area contributed by atoms with E-state index in [9.17, 15) is 9.90 Å². The number of likely N-dealkylation sites (tertiary alicyclic amines) is 1. The van der Waals surface area contributed by atoms with Gasteiger partial charge in [0, 0.05) is 6.54 Å². The molecule has 98 valence electrons. The van der Waals surface area contributed by atoms with Crippen LogP contribution in [0.2, 0.25) is 0 Å². The second-order valence-corrected chi connectivity index (χ2v) is 5.02. The summed E-state index contributed by atoms with van der Waals surface area (Å²) >= 11 is 0. The normalized spacial score (nSPS) is 27.3. The van der Waals surface area contributed by atoms with Gasteiger partial charge in [-0.2, -0.15) is 0 Å². The van der Waals surface area contributed by atoms with Crippen LogP contribution < -0.4 is 0 Å². The molecule has 1 aromatic rings. The predicted octanol–water partition coefficient (Wildman–Crippen LogP) is 2.17. The van der Waals surface area contributed by atoms with Crippen molar-refractivity contribution in [2.75, 3.05) is 6.54 Å².